The molecule has 31 heavy (non-hydrogen) atoms. The van der Waals surface area contributed by atoms with Gasteiger partial charge in [-0.1, -0.05) is 18.2 Å². The Balaban J connectivity index is 1.44. The summed E-state index contributed by atoms with van der Waals surface area (Å²) in [6, 6.07) is 15.9. The average molecular weight is 418 g/mol. The van der Waals surface area contributed by atoms with Gasteiger partial charge < -0.3 is 13.9 Å². The Morgan fingerprint density at radius 2 is 1.77 bits per heavy atom. The summed E-state index contributed by atoms with van der Waals surface area (Å²) in [4.78, 5) is 23.7. The van der Waals surface area contributed by atoms with Gasteiger partial charge in [-0.2, -0.15) is 5.10 Å². The fourth-order valence-corrected chi connectivity index (χ4v) is 2.68. The molecule has 2 aromatic carbocycles. The van der Waals surface area contributed by atoms with Gasteiger partial charge in [-0.15, -0.1) is 0 Å². The van der Waals surface area contributed by atoms with Crippen LogP contribution in [0.5, 0.6) is 11.5 Å². The monoisotopic (exact) mass is 418 g/mol. The molecule has 0 saturated heterocycles. The minimum atomic E-state index is -0.519. The topological polar surface area (TPSA) is 90.1 Å². The molecule has 0 saturated carbocycles. The number of ether oxygens (including phenoxy) is 2. The third-order valence-electron chi connectivity index (χ3n) is 4.18. The Kier molecular flexibility index (Phi) is 7.37. The lowest BCUT2D eigenvalue weighted by Gasteiger charge is -2.10. The van der Waals surface area contributed by atoms with E-state index in [-0.39, 0.29) is 12.5 Å². The zero-order chi connectivity index (χ0) is 22.1. The molecular weight excluding hydrogens is 396 g/mol. The first kappa shape index (κ1) is 21.6. The van der Waals surface area contributed by atoms with Gasteiger partial charge in [0.1, 0.15) is 17.3 Å². The molecule has 1 aromatic heterocycles. The standard InChI is InChI=1S/C24H22N2O5/c1-17-5-3-6-18(2)24(17)30-16-22(27)26-25-15-19-8-10-21(11-9-19)31-23(28)13-12-20-7-4-14-29-20/h3-15H,16H2,1-2H3,(H,26,27). The first-order valence-electron chi connectivity index (χ1n) is 9.55. The van der Waals surface area contributed by atoms with E-state index in [1.807, 2.05) is 32.0 Å². The molecule has 3 aromatic rings. The average Bonchev–Trinajstić information content (AvgIpc) is 3.27. The molecule has 0 spiro atoms. The number of hydrogen-bond donors (Lipinski definition) is 1. The first-order chi connectivity index (χ1) is 15.0. The van der Waals surface area contributed by atoms with Gasteiger partial charge in [0, 0.05) is 6.08 Å². The van der Waals surface area contributed by atoms with Gasteiger partial charge in [0.2, 0.25) is 0 Å². The summed E-state index contributed by atoms with van der Waals surface area (Å²) >= 11 is 0. The summed E-state index contributed by atoms with van der Waals surface area (Å²) in [5, 5.41) is 3.91. The zero-order valence-corrected chi connectivity index (χ0v) is 17.2. The van der Waals surface area contributed by atoms with E-state index in [9.17, 15) is 9.59 Å². The summed E-state index contributed by atoms with van der Waals surface area (Å²) in [6.07, 6.45) is 5.81. The molecule has 0 aliphatic rings. The van der Waals surface area contributed by atoms with Gasteiger partial charge in [-0.3, -0.25) is 4.79 Å². The van der Waals surface area contributed by atoms with Crippen LogP contribution in [-0.4, -0.2) is 24.7 Å². The van der Waals surface area contributed by atoms with Crippen molar-refractivity contribution in [2.75, 3.05) is 6.61 Å². The largest absolute Gasteiger partial charge is 0.483 e. The zero-order valence-electron chi connectivity index (χ0n) is 17.2. The molecule has 0 atom stereocenters. The van der Waals surface area contributed by atoms with E-state index >= 15 is 0 Å². The second kappa shape index (κ2) is 10.6. The van der Waals surface area contributed by atoms with Gasteiger partial charge in [0.15, 0.2) is 6.61 Å². The molecule has 0 bridgehead atoms. The second-order valence-electron chi connectivity index (χ2n) is 6.64. The predicted molar refractivity (Wildman–Crippen MR) is 117 cm³/mol. The number of aryl methyl sites for hydroxylation is 2. The Morgan fingerprint density at radius 1 is 1.03 bits per heavy atom. The number of furan rings is 1. The van der Waals surface area contributed by atoms with Crippen LogP contribution in [0.15, 0.2) is 76.5 Å². The lowest BCUT2D eigenvalue weighted by atomic mass is 10.1. The number of para-hydroxylation sites is 1. The molecule has 0 unspecified atom stereocenters. The lowest BCUT2D eigenvalue weighted by molar-refractivity contribution is -0.129. The molecule has 3 rings (SSSR count). The second-order valence-corrected chi connectivity index (χ2v) is 6.64. The number of rotatable bonds is 8. The summed E-state index contributed by atoms with van der Waals surface area (Å²) in [6.45, 7) is 3.72. The summed E-state index contributed by atoms with van der Waals surface area (Å²) in [5.41, 5.74) is 5.08. The van der Waals surface area contributed by atoms with E-state index in [1.54, 1.807) is 36.4 Å². The van der Waals surface area contributed by atoms with Crippen LogP contribution in [0.2, 0.25) is 0 Å². The molecule has 1 N–H and O–H groups in total. The number of benzene rings is 2. The highest BCUT2D eigenvalue weighted by Gasteiger charge is 2.06. The first-order valence-corrected chi connectivity index (χ1v) is 9.55. The van der Waals surface area contributed by atoms with Crippen LogP contribution in [0, 0.1) is 13.8 Å². The Hall–Kier alpha value is -4.13. The quantitative estimate of drug-likeness (QED) is 0.196. The molecule has 7 heteroatoms. The highest BCUT2D eigenvalue weighted by atomic mass is 16.5. The van der Waals surface area contributed by atoms with E-state index < -0.39 is 5.97 Å². The molecule has 1 heterocycles. The lowest BCUT2D eigenvalue weighted by Crippen LogP contribution is -2.25. The van der Waals surface area contributed by atoms with Crippen molar-refractivity contribution in [3.8, 4) is 11.5 Å². The molecule has 0 fully saturated rings. The van der Waals surface area contributed by atoms with Crippen LogP contribution < -0.4 is 14.9 Å². The molecule has 7 nitrogen and oxygen atoms in total. The molecular formula is C24H22N2O5. The molecule has 0 radical (unpaired) electrons. The van der Waals surface area contributed by atoms with Gasteiger partial charge >= 0.3 is 5.97 Å². The minimum absolute atomic E-state index is 0.135. The van der Waals surface area contributed by atoms with Crippen LogP contribution in [0.1, 0.15) is 22.5 Å². The maximum atomic E-state index is 11.9. The molecule has 1 amide bonds. The summed E-state index contributed by atoms with van der Waals surface area (Å²) in [5.74, 6) is 0.759. The van der Waals surface area contributed by atoms with E-state index in [1.165, 1.54) is 24.6 Å². The maximum absolute atomic E-state index is 11.9. The van der Waals surface area contributed by atoms with Crippen LogP contribution in [0.25, 0.3) is 6.08 Å². The van der Waals surface area contributed by atoms with Gasteiger partial charge in [-0.05, 0) is 73.0 Å². The van der Waals surface area contributed by atoms with Crippen molar-refractivity contribution in [2.45, 2.75) is 13.8 Å². The summed E-state index contributed by atoms with van der Waals surface area (Å²) < 4.78 is 15.9. The number of hydrogen-bond acceptors (Lipinski definition) is 6. The van der Waals surface area contributed by atoms with Crippen molar-refractivity contribution in [2.24, 2.45) is 5.10 Å². The van der Waals surface area contributed by atoms with Gasteiger partial charge in [0.05, 0.1) is 12.5 Å². The Labute approximate surface area is 180 Å². The van der Waals surface area contributed by atoms with Crippen LogP contribution >= 0.6 is 0 Å². The minimum Gasteiger partial charge on any atom is -0.483 e. The molecule has 0 aliphatic heterocycles. The van der Waals surface area contributed by atoms with E-state index in [2.05, 4.69) is 10.5 Å². The molecule has 0 aliphatic carbocycles. The third-order valence-corrected chi connectivity index (χ3v) is 4.18. The van der Waals surface area contributed by atoms with Crippen molar-refractivity contribution in [1.29, 1.82) is 0 Å². The Morgan fingerprint density at radius 3 is 2.45 bits per heavy atom. The van der Waals surface area contributed by atoms with Gasteiger partial charge in [-0.25, -0.2) is 10.2 Å². The highest BCUT2D eigenvalue weighted by Crippen LogP contribution is 2.22. The normalized spacial score (nSPS) is 11.0. The van der Waals surface area contributed by atoms with E-state index in [0.29, 0.717) is 17.3 Å². The number of amides is 1. The highest BCUT2D eigenvalue weighted by molar-refractivity contribution is 5.88. The van der Waals surface area contributed by atoms with Crippen molar-refractivity contribution in [1.82, 2.24) is 5.43 Å². The van der Waals surface area contributed by atoms with Crippen LogP contribution in [0.4, 0.5) is 0 Å². The smallest absolute Gasteiger partial charge is 0.336 e. The Bertz CT molecular complexity index is 1060. The van der Waals surface area contributed by atoms with Crippen LogP contribution in [0.3, 0.4) is 0 Å². The third kappa shape index (κ3) is 6.71. The fraction of sp³-hybridized carbons (Fsp3) is 0.125. The van der Waals surface area contributed by atoms with Crippen molar-refractivity contribution >= 4 is 24.2 Å². The SMILES string of the molecule is Cc1cccc(C)c1OCC(=O)NN=Cc1ccc(OC(=O)C=Cc2ccco2)cc1. The maximum Gasteiger partial charge on any atom is 0.336 e. The van der Waals surface area contributed by atoms with Crippen molar-refractivity contribution in [3.05, 3.63) is 89.4 Å². The number of esters is 1. The number of hydrazone groups is 1. The molecule has 158 valence electrons. The van der Waals surface area contributed by atoms with Crippen molar-refractivity contribution < 1.29 is 23.5 Å². The van der Waals surface area contributed by atoms with E-state index in [0.717, 1.165) is 16.7 Å². The van der Waals surface area contributed by atoms with Crippen LogP contribution in [-0.2, 0) is 9.59 Å². The number of nitrogens with zero attached hydrogens (tertiary/aromatic N) is 1. The fourth-order valence-electron chi connectivity index (χ4n) is 2.68. The van der Waals surface area contributed by atoms with Crippen molar-refractivity contribution in [3.63, 3.8) is 0 Å². The van der Waals surface area contributed by atoms with Gasteiger partial charge in [0.25, 0.3) is 5.91 Å². The predicted octanol–water partition coefficient (Wildman–Crippen LogP) is 4.04. The van der Waals surface area contributed by atoms with E-state index in [4.69, 9.17) is 13.9 Å². The number of carbonyl (C=O) groups excluding carboxylic acids is 2. The number of carbonyl (C=O) groups is 2. The summed E-state index contributed by atoms with van der Waals surface area (Å²) in [7, 11) is 0. The number of nitrogens with one attached hydrogen (secondary N) is 1.